The van der Waals surface area contributed by atoms with Gasteiger partial charge in [-0.05, 0) is 17.7 Å². The van der Waals surface area contributed by atoms with E-state index >= 15 is 0 Å². The standard InChI is InChI=1S/C17H11F3N2O3/c18-17(19,20)25-15-11-13(22(23)24)10-14(21-8-4-5-9-21)16(15)12-6-2-1-3-7-12/h1-11H. The molecule has 0 unspecified atom stereocenters. The highest BCUT2D eigenvalue weighted by molar-refractivity contribution is 5.81. The minimum absolute atomic E-state index is 0.111. The number of aromatic nitrogens is 1. The van der Waals surface area contributed by atoms with Crippen LogP contribution < -0.4 is 4.74 Å². The molecule has 0 amide bonds. The van der Waals surface area contributed by atoms with Crippen LogP contribution in [0.2, 0.25) is 0 Å². The number of benzene rings is 2. The van der Waals surface area contributed by atoms with E-state index in [9.17, 15) is 23.3 Å². The third-order valence-electron chi connectivity index (χ3n) is 3.45. The highest BCUT2D eigenvalue weighted by Crippen LogP contribution is 2.41. The van der Waals surface area contributed by atoms with Crippen molar-refractivity contribution < 1.29 is 22.8 Å². The fourth-order valence-electron chi connectivity index (χ4n) is 2.49. The molecule has 0 spiro atoms. The van der Waals surface area contributed by atoms with E-state index in [4.69, 9.17) is 0 Å². The van der Waals surface area contributed by atoms with E-state index in [1.165, 1.54) is 10.6 Å². The Bertz CT molecular complexity index is 892. The van der Waals surface area contributed by atoms with Crippen LogP contribution in [0.15, 0.2) is 67.0 Å². The molecule has 0 saturated heterocycles. The summed E-state index contributed by atoms with van der Waals surface area (Å²) >= 11 is 0. The Morgan fingerprint density at radius 3 is 2.20 bits per heavy atom. The molecule has 5 nitrogen and oxygen atoms in total. The highest BCUT2D eigenvalue weighted by atomic mass is 19.4. The van der Waals surface area contributed by atoms with Gasteiger partial charge in [-0.2, -0.15) is 0 Å². The molecule has 2 aromatic carbocycles. The van der Waals surface area contributed by atoms with Gasteiger partial charge in [0.15, 0.2) is 0 Å². The van der Waals surface area contributed by atoms with E-state index in [0.29, 0.717) is 5.56 Å². The Kier molecular flexibility index (Phi) is 4.18. The number of hydrogen-bond donors (Lipinski definition) is 0. The molecule has 3 rings (SSSR count). The van der Waals surface area contributed by atoms with E-state index in [0.717, 1.165) is 6.07 Å². The van der Waals surface area contributed by atoms with Gasteiger partial charge in [-0.3, -0.25) is 10.1 Å². The first-order chi connectivity index (χ1) is 11.8. The molecular weight excluding hydrogens is 337 g/mol. The predicted octanol–water partition coefficient (Wildman–Crippen LogP) is 4.95. The number of nitrogens with zero attached hydrogens (tertiary/aromatic N) is 2. The molecule has 0 fully saturated rings. The van der Waals surface area contributed by atoms with Gasteiger partial charge in [0.1, 0.15) is 5.75 Å². The molecule has 0 atom stereocenters. The van der Waals surface area contributed by atoms with Crippen molar-refractivity contribution in [1.82, 2.24) is 4.57 Å². The molecule has 3 aromatic rings. The van der Waals surface area contributed by atoms with Gasteiger partial charge in [0, 0.05) is 24.0 Å². The number of alkyl halides is 3. The second kappa shape index (κ2) is 6.31. The van der Waals surface area contributed by atoms with Crippen LogP contribution in [0.1, 0.15) is 0 Å². The Labute approximate surface area is 140 Å². The van der Waals surface area contributed by atoms with Gasteiger partial charge in [-0.25, -0.2) is 0 Å². The summed E-state index contributed by atoms with van der Waals surface area (Å²) in [7, 11) is 0. The van der Waals surface area contributed by atoms with Crippen molar-refractivity contribution in [1.29, 1.82) is 0 Å². The summed E-state index contributed by atoms with van der Waals surface area (Å²) in [5.74, 6) is -0.628. The molecule has 8 heteroatoms. The third kappa shape index (κ3) is 3.63. The zero-order valence-electron chi connectivity index (χ0n) is 12.6. The van der Waals surface area contributed by atoms with Crippen molar-refractivity contribution in [3.63, 3.8) is 0 Å². The number of rotatable bonds is 4. The van der Waals surface area contributed by atoms with Crippen LogP contribution in [0.4, 0.5) is 18.9 Å². The number of nitro groups is 1. The molecule has 0 aliphatic carbocycles. The van der Waals surface area contributed by atoms with Crippen LogP contribution >= 0.6 is 0 Å². The fraction of sp³-hybridized carbons (Fsp3) is 0.0588. The normalized spacial score (nSPS) is 11.3. The lowest BCUT2D eigenvalue weighted by Gasteiger charge is -2.17. The second-order valence-corrected chi connectivity index (χ2v) is 5.10. The van der Waals surface area contributed by atoms with Gasteiger partial charge in [0.2, 0.25) is 0 Å². The van der Waals surface area contributed by atoms with E-state index in [2.05, 4.69) is 4.74 Å². The van der Waals surface area contributed by atoms with E-state index in [1.807, 2.05) is 0 Å². The van der Waals surface area contributed by atoms with E-state index in [-0.39, 0.29) is 11.3 Å². The van der Waals surface area contributed by atoms with E-state index in [1.54, 1.807) is 54.9 Å². The fourth-order valence-corrected chi connectivity index (χ4v) is 2.49. The van der Waals surface area contributed by atoms with Gasteiger partial charge in [-0.1, -0.05) is 30.3 Å². The first-order valence-corrected chi connectivity index (χ1v) is 7.12. The van der Waals surface area contributed by atoms with Crippen molar-refractivity contribution >= 4 is 5.69 Å². The zero-order chi connectivity index (χ0) is 18.0. The number of hydrogen-bond acceptors (Lipinski definition) is 3. The number of nitro benzene ring substituents is 1. The largest absolute Gasteiger partial charge is 0.573 e. The van der Waals surface area contributed by atoms with Gasteiger partial charge < -0.3 is 9.30 Å². The van der Waals surface area contributed by atoms with Crippen molar-refractivity contribution in [2.24, 2.45) is 0 Å². The average Bonchev–Trinajstić information content (AvgIpc) is 3.07. The van der Waals surface area contributed by atoms with Crippen LogP contribution in [0.3, 0.4) is 0 Å². The van der Waals surface area contributed by atoms with Gasteiger partial charge in [0.25, 0.3) is 5.69 Å². The number of non-ortho nitro benzene ring substituents is 1. The van der Waals surface area contributed by atoms with Gasteiger partial charge in [0.05, 0.1) is 16.7 Å². The second-order valence-electron chi connectivity index (χ2n) is 5.10. The molecule has 128 valence electrons. The SMILES string of the molecule is O=[N+]([O-])c1cc(OC(F)(F)F)c(-c2ccccc2)c(-n2cccc2)c1. The van der Waals surface area contributed by atoms with Crippen molar-refractivity contribution in [2.45, 2.75) is 6.36 Å². The summed E-state index contributed by atoms with van der Waals surface area (Å²) in [5.41, 5.74) is 0.271. The molecule has 0 aliphatic heterocycles. The summed E-state index contributed by atoms with van der Waals surface area (Å²) in [5, 5.41) is 11.1. The molecule has 0 bridgehead atoms. The lowest BCUT2D eigenvalue weighted by atomic mass is 10.0. The highest BCUT2D eigenvalue weighted by Gasteiger charge is 2.34. The first-order valence-electron chi connectivity index (χ1n) is 7.12. The molecule has 1 aromatic heterocycles. The third-order valence-corrected chi connectivity index (χ3v) is 3.45. The Morgan fingerprint density at radius 1 is 1.00 bits per heavy atom. The monoisotopic (exact) mass is 348 g/mol. The van der Waals surface area contributed by atoms with Gasteiger partial charge in [-0.15, -0.1) is 13.2 Å². The molecule has 0 N–H and O–H groups in total. The smallest absolute Gasteiger partial charge is 0.405 e. The van der Waals surface area contributed by atoms with Crippen LogP contribution in [-0.4, -0.2) is 15.9 Å². The summed E-state index contributed by atoms with van der Waals surface area (Å²) in [4.78, 5) is 10.4. The number of ether oxygens (including phenoxy) is 1. The molecule has 0 radical (unpaired) electrons. The Morgan fingerprint density at radius 2 is 1.64 bits per heavy atom. The minimum Gasteiger partial charge on any atom is -0.405 e. The van der Waals surface area contributed by atoms with Crippen LogP contribution in [0, 0.1) is 10.1 Å². The quantitative estimate of drug-likeness (QED) is 0.495. The summed E-state index contributed by atoms with van der Waals surface area (Å²) in [6.45, 7) is 0. The Hall–Kier alpha value is -3.29. The minimum atomic E-state index is -4.98. The van der Waals surface area contributed by atoms with Crippen molar-refractivity contribution in [3.05, 3.63) is 77.1 Å². The molecule has 0 aliphatic rings. The first kappa shape index (κ1) is 16.6. The lowest BCUT2D eigenvalue weighted by molar-refractivity contribution is -0.385. The molecule has 0 saturated carbocycles. The molecular formula is C17H11F3N2O3. The summed E-state index contributed by atoms with van der Waals surface area (Å²) < 4.78 is 44.1. The summed E-state index contributed by atoms with van der Waals surface area (Å²) in [6, 6.07) is 13.6. The van der Waals surface area contributed by atoms with E-state index < -0.39 is 22.7 Å². The zero-order valence-corrected chi connectivity index (χ0v) is 12.6. The topological polar surface area (TPSA) is 57.3 Å². The maximum Gasteiger partial charge on any atom is 0.573 e. The van der Waals surface area contributed by atoms with Crippen LogP contribution in [0.25, 0.3) is 16.8 Å². The van der Waals surface area contributed by atoms with Crippen molar-refractivity contribution in [3.8, 4) is 22.6 Å². The Balaban J connectivity index is 2.33. The predicted molar refractivity (Wildman–Crippen MR) is 84.5 cm³/mol. The maximum atomic E-state index is 12.8. The summed E-state index contributed by atoms with van der Waals surface area (Å²) in [6.07, 6.45) is -1.81. The van der Waals surface area contributed by atoms with Gasteiger partial charge >= 0.3 is 6.36 Å². The van der Waals surface area contributed by atoms with Crippen LogP contribution in [0.5, 0.6) is 5.75 Å². The average molecular weight is 348 g/mol. The number of halogens is 3. The maximum absolute atomic E-state index is 12.8. The molecule has 1 heterocycles. The van der Waals surface area contributed by atoms with Crippen molar-refractivity contribution in [2.75, 3.05) is 0 Å². The molecule has 25 heavy (non-hydrogen) atoms. The lowest BCUT2D eigenvalue weighted by Crippen LogP contribution is -2.18. The van der Waals surface area contributed by atoms with Crippen LogP contribution in [-0.2, 0) is 0 Å².